The first-order valence-electron chi connectivity index (χ1n) is 5.77. The van der Waals surface area contributed by atoms with Crippen LogP contribution in [0.3, 0.4) is 0 Å². The maximum Gasteiger partial charge on any atom is 0.229 e. The first-order chi connectivity index (χ1) is 9.22. The molecule has 19 heavy (non-hydrogen) atoms. The fraction of sp³-hybridized carbons (Fsp3) is 0. The summed E-state index contributed by atoms with van der Waals surface area (Å²) in [6.07, 6.45) is 0. The van der Waals surface area contributed by atoms with E-state index in [0.717, 1.165) is 16.6 Å². The Kier molecular flexibility index (Phi) is 2.93. The minimum absolute atomic E-state index is 0.376. The second-order valence-electron chi connectivity index (χ2n) is 4.08. The molecule has 0 aliphatic carbocycles. The van der Waals surface area contributed by atoms with E-state index in [1.165, 1.54) is 0 Å². The van der Waals surface area contributed by atoms with E-state index in [9.17, 15) is 0 Å². The molecule has 0 spiro atoms. The summed E-state index contributed by atoms with van der Waals surface area (Å²) >= 11 is 5.92. The fourth-order valence-corrected chi connectivity index (χ4v) is 2.01. The Morgan fingerprint density at radius 3 is 2.79 bits per heavy atom. The van der Waals surface area contributed by atoms with Crippen LogP contribution >= 0.6 is 11.6 Å². The minimum Gasteiger partial charge on any atom is -0.383 e. The lowest BCUT2D eigenvalue weighted by Crippen LogP contribution is -2.12. The Morgan fingerprint density at radius 1 is 1.16 bits per heavy atom. The first kappa shape index (κ1) is 11.7. The normalized spacial score (nSPS) is 11.9. The fourth-order valence-electron chi connectivity index (χ4n) is 1.82. The van der Waals surface area contributed by atoms with Crippen LogP contribution in [-0.4, -0.2) is 15.8 Å². The zero-order valence-corrected chi connectivity index (χ0v) is 10.7. The number of imidazole rings is 1. The quantitative estimate of drug-likeness (QED) is 0.554. The second kappa shape index (κ2) is 4.74. The summed E-state index contributed by atoms with van der Waals surface area (Å²) in [6, 6.07) is 15.0. The average molecular weight is 271 g/mol. The van der Waals surface area contributed by atoms with Gasteiger partial charge in [0.1, 0.15) is 5.84 Å². The zero-order chi connectivity index (χ0) is 13.2. The number of benzene rings is 2. The van der Waals surface area contributed by atoms with Crippen molar-refractivity contribution >= 4 is 34.4 Å². The van der Waals surface area contributed by atoms with Gasteiger partial charge in [0.2, 0.25) is 5.95 Å². The van der Waals surface area contributed by atoms with Gasteiger partial charge in [-0.05, 0) is 24.3 Å². The van der Waals surface area contributed by atoms with Crippen molar-refractivity contribution < 1.29 is 0 Å². The third-order valence-electron chi connectivity index (χ3n) is 2.72. The molecule has 0 saturated carbocycles. The molecule has 94 valence electrons. The van der Waals surface area contributed by atoms with Crippen molar-refractivity contribution in [1.29, 1.82) is 0 Å². The lowest BCUT2D eigenvalue weighted by atomic mass is 10.2. The number of H-pyrrole nitrogens is 1. The molecule has 3 aromatic rings. The molecule has 0 atom stereocenters. The monoisotopic (exact) mass is 270 g/mol. The number of rotatable bonds is 2. The third kappa shape index (κ3) is 2.44. The van der Waals surface area contributed by atoms with Crippen LogP contribution in [0.5, 0.6) is 0 Å². The van der Waals surface area contributed by atoms with Crippen LogP contribution in [-0.2, 0) is 0 Å². The van der Waals surface area contributed by atoms with Gasteiger partial charge in [-0.3, -0.25) is 0 Å². The highest BCUT2D eigenvalue weighted by molar-refractivity contribution is 6.31. The number of nitrogens with two attached hydrogens (primary N) is 1. The number of fused-ring (bicyclic) bond motifs is 1. The number of amidine groups is 1. The number of aromatic nitrogens is 2. The van der Waals surface area contributed by atoms with Crippen LogP contribution in [0.4, 0.5) is 5.95 Å². The molecule has 0 unspecified atom stereocenters. The Balaban J connectivity index is 2.00. The van der Waals surface area contributed by atoms with E-state index in [4.69, 9.17) is 17.3 Å². The first-order valence-corrected chi connectivity index (χ1v) is 6.15. The topological polar surface area (TPSA) is 67.1 Å². The van der Waals surface area contributed by atoms with Crippen molar-refractivity contribution in [3.8, 4) is 0 Å². The summed E-state index contributed by atoms with van der Waals surface area (Å²) in [6.45, 7) is 0. The third-order valence-corrected chi connectivity index (χ3v) is 2.96. The SMILES string of the molecule is N/C(=N\c1nc2ccccc2[nH]1)c1cccc(Cl)c1. The standard InChI is InChI=1S/C14H11ClN4/c15-10-5-3-4-9(8-10)13(16)19-14-17-11-6-1-2-7-12(11)18-14/h1-8H,(H3,16,17,18,19). The van der Waals surface area contributed by atoms with Gasteiger partial charge in [0.05, 0.1) is 11.0 Å². The number of para-hydroxylation sites is 2. The molecule has 2 aromatic carbocycles. The highest BCUT2D eigenvalue weighted by atomic mass is 35.5. The van der Waals surface area contributed by atoms with E-state index < -0.39 is 0 Å². The summed E-state index contributed by atoms with van der Waals surface area (Å²) in [7, 11) is 0. The van der Waals surface area contributed by atoms with Gasteiger partial charge in [-0.2, -0.15) is 4.99 Å². The van der Waals surface area contributed by atoms with Crippen molar-refractivity contribution in [2.45, 2.75) is 0 Å². The van der Waals surface area contributed by atoms with E-state index in [1.54, 1.807) is 12.1 Å². The Hall–Kier alpha value is -2.33. The van der Waals surface area contributed by atoms with Crippen molar-refractivity contribution in [2.75, 3.05) is 0 Å². The summed E-state index contributed by atoms with van der Waals surface area (Å²) in [5, 5.41) is 0.625. The molecule has 4 nitrogen and oxygen atoms in total. The van der Waals surface area contributed by atoms with E-state index >= 15 is 0 Å². The molecule has 0 radical (unpaired) electrons. The van der Waals surface area contributed by atoms with Gasteiger partial charge in [-0.15, -0.1) is 0 Å². The predicted octanol–water partition coefficient (Wildman–Crippen LogP) is 3.25. The summed E-state index contributed by atoms with van der Waals surface area (Å²) in [5.41, 5.74) is 8.51. The van der Waals surface area contributed by atoms with Crippen LogP contribution < -0.4 is 5.73 Å². The number of halogens is 1. The van der Waals surface area contributed by atoms with E-state index in [0.29, 0.717) is 16.8 Å². The predicted molar refractivity (Wildman–Crippen MR) is 77.9 cm³/mol. The Bertz CT molecular complexity index is 728. The van der Waals surface area contributed by atoms with Crippen LogP contribution in [0.1, 0.15) is 5.56 Å². The molecule has 0 saturated heterocycles. The highest BCUT2D eigenvalue weighted by Crippen LogP contribution is 2.17. The summed E-state index contributed by atoms with van der Waals surface area (Å²) in [5.74, 6) is 0.861. The van der Waals surface area contributed by atoms with Crippen molar-refractivity contribution in [1.82, 2.24) is 9.97 Å². The maximum atomic E-state index is 5.95. The lowest BCUT2D eigenvalue weighted by molar-refractivity contribution is 1.25. The Morgan fingerprint density at radius 2 is 2.00 bits per heavy atom. The number of hydrogen-bond donors (Lipinski definition) is 2. The van der Waals surface area contributed by atoms with Gasteiger partial charge in [-0.25, -0.2) is 4.98 Å². The molecule has 1 aromatic heterocycles. The van der Waals surface area contributed by atoms with Crippen LogP contribution in [0.2, 0.25) is 5.02 Å². The summed E-state index contributed by atoms with van der Waals surface area (Å²) in [4.78, 5) is 11.7. The molecule has 0 fully saturated rings. The van der Waals surface area contributed by atoms with Crippen molar-refractivity contribution in [3.63, 3.8) is 0 Å². The summed E-state index contributed by atoms with van der Waals surface area (Å²) < 4.78 is 0. The van der Waals surface area contributed by atoms with E-state index in [2.05, 4.69) is 15.0 Å². The molecule has 0 aliphatic heterocycles. The van der Waals surface area contributed by atoms with Crippen LogP contribution in [0, 0.1) is 0 Å². The van der Waals surface area contributed by atoms with E-state index in [-0.39, 0.29) is 0 Å². The number of nitrogens with one attached hydrogen (secondary N) is 1. The van der Waals surface area contributed by atoms with Gasteiger partial charge in [0.15, 0.2) is 0 Å². The minimum atomic E-state index is 0.376. The van der Waals surface area contributed by atoms with Crippen molar-refractivity contribution in [3.05, 3.63) is 59.1 Å². The number of nitrogens with zero attached hydrogens (tertiary/aromatic N) is 2. The molecule has 0 bridgehead atoms. The molecule has 3 rings (SSSR count). The maximum absolute atomic E-state index is 5.95. The van der Waals surface area contributed by atoms with Crippen LogP contribution in [0.25, 0.3) is 11.0 Å². The molecular weight excluding hydrogens is 260 g/mol. The molecule has 1 heterocycles. The van der Waals surface area contributed by atoms with Gasteiger partial charge < -0.3 is 10.7 Å². The molecule has 0 amide bonds. The smallest absolute Gasteiger partial charge is 0.229 e. The molecule has 3 N–H and O–H groups in total. The molecule has 5 heteroatoms. The molecule has 0 aliphatic rings. The highest BCUT2D eigenvalue weighted by Gasteiger charge is 2.03. The number of aromatic amines is 1. The number of aliphatic imine (C=N–C) groups is 1. The number of hydrogen-bond acceptors (Lipinski definition) is 2. The van der Waals surface area contributed by atoms with Gasteiger partial charge in [0.25, 0.3) is 0 Å². The lowest BCUT2D eigenvalue weighted by Gasteiger charge is -1.99. The van der Waals surface area contributed by atoms with Gasteiger partial charge >= 0.3 is 0 Å². The molecular formula is C14H11ClN4. The van der Waals surface area contributed by atoms with Gasteiger partial charge in [0, 0.05) is 10.6 Å². The van der Waals surface area contributed by atoms with Crippen LogP contribution in [0.15, 0.2) is 53.5 Å². The van der Waals surface area contributed by atoms with E-state index in [1.807, 2.05) is 36.4 Å². The zero-order valence-electron chi connectivity index (χ0n) is 9.97. The van der Waals surface area contributed by atoms with Gasteiger partial charge in [-0.1, -0.05) is 35.9 Å². The second-order valence-corrected chi connectivity index (χ2v) is 4.52. The van der Waals surface area contributed by atoms with Crippen molar-refractivity contribution in [2.24, 2.45) is 10.7 Å². The Labute approximate surface area is 115 Å². The average Bonchev–Trinajstić information content (AvgIpc) is 2.80. The largest absolute Gasteiger partial charge is 0.383 e.